The molecule has 0 spiro atoms. The number of aryl methyl sites for hydroxylation is 1. The average molecular weight is 249 g/mol. The molecule has 0 amide bonds. The minimum atomic E-state index is -0.0252. The fraction of sp³-hybridized carbons (Fsp3) is 0.625. The molecule has 2 heteroatoms. The summed E-state index contributed by atoms with van der Waals surface area (Å²) in [5.74, 6) is 0.360. The van der Waals surface area contributed by atoms with Gasteiger partial charge in [-0.3, -0.25) is 0 Å². The zero-order chi connectivity index (χ0) is 13.0. The Morgan fingerprint density at radius 1 is 1.28 bits per heavy atom. The van der Waals surface area contributed by atoms with E-state index in [1.165, 1.54) is 19.3 Å². The van der Waals surface area contributed by atoms with E-state index in [2.05, 4.69) is 12.2 Å². The zero-order valence-corrected chi connectivity index (χ0v) is 11.5. The van der Waals surface area contributed by atoms with Crippen LogP contribution < -0.4 is 5.32 Å². The van der Waals surface area contributed by atoms with E-state index in [9.17, 15) is 4.39 Å². The summed E-state index contributed by atoms with van der Waals surface area (Å²) in [6.45, 7) is 5.20. The van der Waals surface area contributed by atoms with E-state index in [0.717, 1.165) is 30.5 Å². The first-order chi connectivity index (χ1) is 8.70. The molecular formula is C16H24FN. The molecule has 2 atom stereocenters. The van der Waals surface area contributed by atoms with Crippen molar-refractivity contribution in [1.82, 2.24) is 5.32 Å². The predicted octanol–water partition coefficient (Wildman–Crippen LogP) is 4.16. The molecule has 1 nitrogen and oxygen atoms in total. The molecule has 2 unspecified atom stereocenters. The SMILES string of the molecule is CCNC1CCCCC(c2cc(C)ccc2F)C1. The van der Waals surface area contributed by atoms with Crippen LogP contribution in [0.15, 0.2) is 18.2 Å². The van der Waals surface area contributed by atoms with Crippen LogP contribution in [0.1, 0.15) is 56.1 Å². The van der Waals surface area contributed by atoms with Gasteiger partial charge in [-0.15, -0.1) is 0 Å². The van der Waals surface area contributed by atoms with Crippen LogP contribution in [-0.4, -0.2) is 12.6 Å². The predicted molar refractivity (Wildman–Crippen MR) is 74.4 cm³/mol. The molecule has 0 saturated heterocycles. The summed E-state index contributed by atoms with van der Waals surface area (Å²) in [4.78, 5) is 0. The van der Waals surface area contributed by atoms with Gasteiger partial charge in [-0.05, 0) is 50.3 Å². The zero-order valence-electron chi connectivity index (χ0n) is 11.5. The summed E-state index contributed by atoms with van der Waals surface area (Å²) in [6.07, 6.45) is 5.93. The molecule has 1 aliphatic rings. The third-order valence-corrected chi connectivity index (χ3v) is 4.01. The monoisotopic (exact) mass is 249 g/mol. The fourth-order valence-electron chi connectivity index (χ4n) is 3.09. The van der Waals surface area contributed by atoms with Gasteiger partial charge in [-0.25, -0.2) is 4.39 Å². The summed E-state index contributed by atoms with van der Waals surface area (Å²) < 4.78 is 14.0. The van der Waals surface area contributed by atoms with Crippen molar-refractivity contribution in [1.29, 1.82) is 0 Å². The highest BCUT2D eigenvalue weighted by molar-refractivity contribution is 5.27. The first-order valence-electron chi connectivity index (χ1n) is 7.20. The lowest BCUT2D eigenvalue weighted by atomic mass is 9.89. The molecule has 100 valence electrons. The van der Waals surface area contributed by atoms with Gasteiger partial charge < -0.3 is 5.32 Å². The van der Waals surface area contributed by atoms with E-state index in [1.54, 1.807) is 6.07 Å². The second-order valence-corrected chi connectivity index (χ2v) is 5.50. The molecule has 0 heterocycles. The molecule has 1 aromatic carbocycles. The van der Waals surface area contributed by atoms with Gasteiger partial charge in [0.15, 0.2) is 0 Å². The number of rotatable bonds is 3. The Balaban J connectivity index is 2.16. The average Bonchev–Trinajstić information content (AvgIpc) is 2.58. The first kappa shape index (κ1) is 13.5. The Morgan fingerprint density at radius 3 is 2.83 bits per heavy atom. The van der Waals surface area contributed by atoms with E-state index in [-0.39, 0.29) is 5.82 Å². The van der Waals surface area contributed by atoms with Gasteiger partial charge in [0.25, 0.3) is 0 Å². The fourth-order valence-corrected chi connectivity index (χ4v) is 3.09. The number of hydrogen-bond acceptors (Lipinski definition) is 1. The first-order valence-corrected chi connectivity index (χ1v) is 7.20. The Morgan fingerprint density at radius 2 is 2.06 bits per heavy atom. The van der Waals surface area contributed by atoms with Gasteiger partial charge in [0.2, 0.25) is 0 Å². The minimum Gasteiger partial charge on any atom is -0.314 e. The van der Waals surface area contributed by atoms with Crippen LogP contribution in [0, 0.1) is 12.7 Å². The van der Waals surface area contributed by atoms with Gasteiger partial charge >= 0.3 is 0 Å². The second-order valence-electron chi connectivity index (χ2n) is 5.50. The summed E-state index contributed by atoms with van der Waals surface area (Å²) in [5.41, 5.74) is 2.09. The molecule has 0 radical (unpaired) electrons. The highest BCUT2D eigenvalue weighted by Gasteiger charge is 2.23. The van der Waals surface area contributed by atoms with Crippen LogP contribution in [0.25, 0.3) is 0 Å². The Kier molecular flexibility index (Phi) is 4.76. The smallest absolute Gasteiger partial charge is 0.126 e. The van der Waals surface area contributed by atoms with Crippen LogP contribution in [0.3, 0.4) is 0 Å². The van der Waals surface area contributed by atoms with Gasteiger partial charge in [0.1, 0.15) is 5.82 Å². The molecule has 1 saturated carbocycles. The molecule has 18 heavy (non-hydrogen) atoms. The van der Waals surface area contributed by atoms with Crippen LogP contribution in [0.4, 0.5) is 4.39 Å². The van der Waals surface area contributed by atoms with Crippen molar-refractivity contribution in [3.63, 3.8) is 0 Å². The summed E-state index contributed by atoms with van der Waals surface area (Å²) in [5, 5.41) is 3.54. The molecule has 1 N–H and O–H groups in total. The van der Waals surface area contributed by atoms with Crippen molar-refractivity contribution in [3.05, 3.63) is 35.1 Å². The highest BCUT2D eigenvalue weighted by Crippen LogP contribution is 2.33. The summed E-state index contributed by atoms with van der Waals surface area (Å²) in [6, 6.07) is 6.08. The molecular weight excluding hydrogens is 225 g/mol. The standard InChI is InChI=1S/C16H24FN/c1-3-18-14-7-5-4-6-13(11-14)15-10-12(2)8-9-16(15)17/h8-10,13-14,18H,3-7,11H2,1-2H3. The van der Waals surface area contributed by atoms with Crippen molar-refractivity contribution < 1.29 is 4.39 Å². The number of nitrogens with one attached hydrogen (secondary N) is 1. The third kappa shape index (κ3) is 3.32. The van der Waals surface area contributed by atoms with Crippen LogP contribution in [0.2, 0.25) is 0 Å². The van der Waals surface area contributed by atoms with Crippen LogP contribution in [-0.2, 0) is 0 Å². The normalized spacial score (nSPS) is 24.8. The number of hydrogen-bond donors (Lipinski definition) is 1. The topological polar surface area (TPSA) is 12.0 Å². The molecule has 1 fully saturated rings. The summed E-state index contributed by atoms with van der Waals surface area (Å²) in [7, 11) is 0. The molecule has 0 aliphatic heterocycles. The van der Waals surface area contributed by atoms with Crippen molar-refractivity contribution >= 4 is 0 Å². The molecule has 2 rings (SSSR count). The van der Waals surface area contributed by atoms with Gasteiger partial charge in [0.05, 0.1) is 0 Å². The van der Waals surface area contributed by atoms with Crippen molar-refractivity contribution in [2.24, 2.45) is 0 Å². The summed E-state index contributed by atoms with van der Waals surface area (Å²) >= 11 is 0. The van der Waals surface area contributed by atoms with Crippen molar-refractivity contribution in [2.75, 3.05) is 6.54 Å². The number of halogens is 1. The molecule has 1 aromatic rings. The van der Waals surface area contributed by atoms with Gasteiger partial charge in [-0.2, -0.15) is 0 Å². The van der Waals surface area contributed by atoms with Crippen molar-refractivity contribution in [2.45, 2.75) is 57.9 Å². The number of benzene rings is 1. The minimum absolute atomic E-state index is 0.0252. The Hall–Kier alpha value is -0.890. The molecule has 1 aliphatic carbocycles. The van der Waals surface area contributed by atoms with E-state index in [0.29, 0.717) is 12.0 Å². The molecule has 0 aromatic heterocycles. The van der Waals surface area contributed by atoms with E-state index in [4.69, 9.17) is 0 Å². The lowest BCUT2D eigenvalue weighted by Crippen LogP contribution is -2.29. The molecule has 0 bridgehead atoms. The van der Waals surface area contributed by atoms with Crippen LogP contribution >= 0.6 is 0 Å². The second kappa shape index (κ2) is 6.33. The van der Waals surface area contributed by atoms with E-state index in [1.807, 2.05) is 19.1 Å². The van der Waals surface area contributed by atoms with E-state index < -0.39 is 0 Å². The quantitative estimate of drug-likeness (QED) is 0.793. The maximum atomic E-state index is 14.0. The lowest BCUT2D eigenvalue weighted by Gasteiger charge is -2.21. The van der Waals surface area contributed by atoms with E-state index >= 15 is 0 Å². The highest BCUT2D eigenvalue weighted by atomic mass is 19.1. The third-order valence-electron chi connectivity index (χ3n) is 4.01. The lowest BCUT2D eigenvalue weighted by molar-refractivity contribution is 0.441. The largest absolute Gasteiger partial charge is 0.314 e. The van der Waals surface area contributed by atoms with Gasteiger partial charge in [-0.1, -0.05) is 37.5 Å². The van der Waals surface area contributed by atoms with Crippen LogP contribution in [0.5, 0.6) is 0 Å². The Labute approximate surface area is 110 Å². The van der Waals surface area contributed by atoms with Gasteiger partial charge in [0, 0.05) is 6.04 Å². The maximum Gasteiger partial charge on any atom is 0.126 e. The van der Waals surface area contributed by atoms with Crippen molar-refractivity contribution in [3.8, 4) is 0 Å². The maximum absolute atomic E-state index is 14.0. The Bertz CT molecular complexity index is 389.